The summed E-state index contributed by atoms with van der Waals surface area (Å²) in [5.74, 6) is 1.35. The Morgan fingerprint density at radius 1 is 1.03 bits per heavy atom. The van der Waals surface area contributed by atoms with E-state index in [0.29, 0.717) is 28.1 Å². The second-order valence-electron chi connectivity index (χ2n) is 6.26. The quantitative estimate of drug-likeness (QED) is 0.457. The number of ether oxygens (including phenoxy) is 1. The summed E-state index contributed by atoms with van der Waals surface area (Å²) in [5.41, 5.74) is 2.29. The number of nitrogens with one attached hydrogen (secondary N) is 1. The standard InChI is InChI=1S/C22H19N5O2S/c1-29-18-11-7-8-16(14-18)24-20(28)15-30-22-26-25-21(19-12-5-6-13-23-19)27(22)17-9-3-2-4-10-17/h2-14H,15H2,1H3,(H,24,28). The van der Waals surface area contributed by atoms with Crippen LogP contribution in [0.4, 0.5) is 5.69 Å². The van der Waals surface area contributed by atoms with E-state index in [2.05, 4.69) is 20.5 Å². The number of hydrogen-bond acceptors (Lipinski definition) is 6. The first kappa shape index (κ1) is 19.7. The van der Waals surface area contributed by atoms with E-state index in [0.717, 1.165) is 5.69 Å². The number of para-hydroxylation sites is 1. The van der Waals surface area contributed by atoms with Crippen molar-refractivity contribution in [2.75, 3.05) is 18.2 Å². The van der Waals surface area contributed by atoms with Crippen molar-refractivity contribution in [2.45, 2.75) is 5.16 Å². The van der Waals surface area contributed by atoms with Crippen LogP contribution in [0, 0.1) is 0 Å². The number of thioether (sulfide) groups is 1. The number of amides is 1. The lowest BCUT2D eigenvalue weighted by atomic mass is 10.3. The second-order valence-corrected chi connectivity index (χ2v) is 7.20. The van der Waals surface area contributed by atoms with Crippen LogP contribution in [0.3, 0.4) is 0 Å². The van der Waals surface area contributed by atoms with Gasteiger partial charge in [-0.1, -0.05) is 42.1 Å². The number of carbonyl (C=O) groups is 1. The second kappa shape index (κ2) is 9.23. The topological polar surface area (TPSA) is 81.9 Å². The summed E-state index contributed by atoms with van der Waals surface area (Å²) in [6.45, 7) is 0. The summed E-state index contributed by atoms with van der Waals surface area (Å²) in [5, 5.41) is 12.1. The van der Waals surface area contributed by atoms with Crippen molar-refractivity contribution >= 4 is 23.4 Å². The highest BCUT2D eigenvalue weighted by Gasteiger charge is 2.18. The van der Waals surface area contributed by atoms with Gasteiger partial charge in [-0.25, -0.2) is 0 Å². The SMILES string of the molecule is COc1cccc(NC(=O)CSc2nnc(-c3ccccn3)n2-c2ccccc2)c1. The van der Waals surface area contributed by atoms with Gasteiger partial charge in [0, 0.05) is 23.6 Å². The van der Waals surface area contributed by atoms with Crippen LogP contribution in [-0.4, -0.2) is 38.5 Å². The van der Waals surface area contributed by atoms with Crippen LogP contribution in [0.15, 0.2) is 84.1 Å². The Hall–Kier alpha value is -3.65. The van der Waals surface area contributed by atoms with Crippen LogP contribution < -0.4 is 10.1 Å². The van der Waals surface area contributed by atoms with Crippen LogP contribution in [0.2, 0.25) is 0 Å². The zero-order valence-corrected chi connectivity index (χ0v) is 17.0. The molecular formula is C22H19N5O2S. The van der Waals surface area contributed by atoms with Gasteiger partial charge in [0.15, 0.2) is 11.0 Å². The predicted octanol–water partition coefficient (Wildman–Crippen LogP) is 4.07. The molecule has 4 rings (SSSR count). The molecule has 7 nitrogen and oxygen atoms in total. The molecule has 0 aliphatic carbocycles. The Morgan fingerprint density at radius 2 is 1.87 bits per heavy atom. The molecule has 30 heavy (non-hydrogen) atoms. The maximum Gasteiger partial charge on any atom is 0.234 e. The number of aromatic nitrogens is 4. The third-order valence-electron chi connectivity index (χ3n) is 4.23. The molecule has 8 heteroatoms. The van der Waals surface area contributed by atoms with Crippen LogP contribution in [0.5, 0.6) is 5.75 Å². The molecule has 2 aromatic heterocycles. The van der Waals surface area contributed by atoms with Crippen molar-refractivity contribution in [3.8, 4) is 23.0 Å². The van der Waals surface area contributed by atoms with Crippen molar-refractivity contribution < 1.29 is 9.53 Å². The molecule has 0 bridgehead atoms. The van der Waals surface area contributed by atoms with Gasteiger partial charge in [0.2, 0.25) is 5.91 Å². The highest BCUT2D eigenvalue weighted by atomic mass is 32.2. The molecule has 1 amide bonds. The monoisotopic (exact) mass is 417 g/mol. The smallest absolute Gasteiger partial charge is 0.234 e. The lowest BCUT2D eigenvalue weighted by Gasteiger charge is -2.10. The molecule has 0 saturated carbocycles. The molecule has 0 spiro atoms. The molecule has 0 atom stereocenters. The normalized spacial score (nSPS) is 10.6. The Labute approximate surface area is 178 Å². The van der Waals surface area contributed by atoms with Gasteiger partial charge in [-0.3, -0.25) is 14.3 Å². The first-order valence-electron chi connectivity index (χ1n) is 9.23. The van der Waals surface area contributed by atoms with Crippen LogP contribution >= 0.6 is 11.8 Å². The van der Waals surface area contributed by atoms with Gasteiger partial charge in [-0.15, -0.1) is 10.2 Å². The minimum absolute atomic E-state index is 0.143. The van der Waals surface area contributed by atoms with E-state index in [1.807, 2.05) is 71.3 Å². The Balaban J connectivity index is 1.55. The summed E-state index contributed by atoms with van der Waals surface area (Å²) in [7, 11) is 1.59. The lowest BCUT2D eigenvalue weighted by molar-refractivity contribution is -0.113. The fourth-order valence-electron chi connectivity index (χ4n) is 2.86. The molecule has 2 heterocycles. The first-order valence-corrected chi connectivity index (χ1v) is 10.2. The van der Waals surface area contributed by atoms with E-state index in [9.17, 15) is 4.79 Å². The van der Waals surface area contributed by atoms with Crippen LogP contribution in [0.1, 0.15) is 0 Å². The van der Waals surface area contributed by atoms with Crippen LogP contribution in [0.25, 0.3) is 17.2 Å². The van der Waals surface area contributed by atoms with Gasteiger partial charge >= 0.3 is 0 Å². The Bertz CT molecular complexity index is 1130. The van der Waals surface area contributed by atoms with E-state index in [4.69, 9.17) is 4.74 Å². The Kier molecular flexibility index (Phi) is 6.05. The summed E-state index contributed by atoms with van der Waals surface area (Å²) < 4.78 is 7.10. The highest BCUT2D eigenvalue weighted by molar-refractivity contribution is 7.99. The van der Waals surface area contributed by atoms with Crippen molar-refractivity contribution in [3.63, 3.8) is 0 Å². The fourth-order valence-corrected chi connectivity index (χ4v) is 3.61. The number of carbonyl (C=O) groups excluding carboxylic acids is 1. The van der Waals surface area contributed by atoms with Crippen molar-refractivity contribution in [3.05, 3.63) is 79.0 Å². The molecule has 150 valence electrons. The van der Waals surface area contributed by atoms with E-state index in [1.54, 1.807) is 19.4 Å². The maximum atomic E-state index is 12.5. The number of pyridine rings is 1. The number of rotatable bonds is 7. The van der Waals surface area contributed by atoms with Gasteiger partial charge in [-0.05, 0) is 36.4 Å². The molecule has 0 fully saturated rings. The zero-order chi connectivity index (χ0) is 20.8. The van der Waals surface area contributed by atoms with Crippen molar-refractivity contribution in [1.82, 2.24) is 19.7 Å². The van der Waals surface area contributed by atoms with Crippen molar-refractivity contribution in [1.29, 1.82) is 0 Å². The van der Waals surface area contributed by atoms with E-state index in [-0.39, 0.29) is 11.7 Å². The van der Waals surface area contributed by atoms with Gasteiger partial charge in [0.25, 0.3) is 0 Å². The molecule has 0 saturated heterocycles. The number of nitrogens with zero attached hydrogens (tertiary/aromatic N) is 4. The van der Waals surface area contributed by atoms with E-state index < -0.39 is 0 Å². The molecule has 0 unspecified atom stereocenters. The molecule has 0 aliphatic heterocycles. The lowest BCUT2D eigenvalue weighted by Crippen LogP contribution is -2.14. The summed E-state index contributed by atoms with van der Waals surface area (Å²) >= 11 is 1.31. The third-order valence-corrected chi connectivity index (χ3v) is 5.16. The third kappa shape index (κ3) is 4.49. The molecular weight excluding hydrogens is 398 g/mol. The van der Waals surface area contributed by atoms with E-state index >= 15 is 0 Å². The van der Waals surface area contributed by atoms with Crippen molar-refractivity contribution in [2.24, 2.45) is 0 Å². The molecule has 1 N–H and O–H groups in total. The average Bonchev–Trinajstić information content (AvgIpc) is 3.23. The molecule has 0 radical (unpaired) electrons. The fraction of sp³-hybridized carbons (Fsp3) is 0.0909. The number of hydrogen-bond donors (Lipinski definition) is 1. The summed E-state index contributed by atoms with van der Waals surface area (Å²) in [6.07, 6.45) is 1.72. The summed E-state index contributed by atoms with van der Waals surface area (Å²) in [4.78, 5) is 16.9. The summed E-state index contributed by atoms with van der Waals surface area (Å²) in [6, 6.07) is 22.7. The molecule has 4 aromatic rings. The maximum absolute atomic E-state index is 12.5. The number of anilines is 1. The molecule has 0 aliphatic rings. The minimum atomic E-state index is -0.143. The Morgan fingerprint density at radius 3 is 2.63 bits per heavy atom. The van der Waals surface area contributed by atoms with Gasteiger partial charge in [-0.2, -0.15) is 0 Å². The minimum Gasteiger partial charge on any atom is -0.497 e. The van der Waals surface area contributed by atoms with Gasteiger partial charge in [0.1, 0.15) is 11.4 Å². The highest BCUT2D eigenvalue weighted by Crippen LogP contribution is 2.27. The largest absolute Gasteiger partial charge is 0.497 e. The average molecular weight is 417 g/mol. The molecule has 2 aromatic carbocycles. The number of methoxy groups -OCH3 is 1. The zero-order valence-electron chi connectivity index (χ0n) is 16.2. The van der Waals surface area contributed by atoms with Gasteiger partial charge in [0.05, 0.1) is 12.9 Å². The van der Waals surface area contributed by atoms with E-state index in [1.165, 1.54) is 11.8 Å². The van der Waals surface area contributed by atoms with Gasteiger partial charge < -0.3 is 10.1 Å². The predicted molar refractivity (Wildman–Crippen MR) is 117 cm³/mol. The first-order chi connectivity index (χ1) is 14.7. The number of benzene rings is 2. The van der Waals surface area contributed by atoms with Crippen LogP contribution in [-0.2, 0) is 4.79 Å².